The second-order valence-corrected chi connectivity index (χ2v) is 3.43. The lowest BCUT2D eigenvalue weighted by Crippen LogP contribution is -2.40. The van der Waals surface area contributed by atoms with E-state index in [0.717, 1.165) is 0 Å². The maximum atomic E-state index is 11.6. The molecule has 0 saturated carbocycles. The molecule has 1 atom stereocenters. The van der Waals surface area contributed by atoms with Gasteiger partial charge in [0.2, 0.25) is 5.91 Å². The van der Waals surface area contributed by atoms with Gasteiger partial charge in [-0.2, -0.15) is 0 Å². The third-order valence-electron chi connectivity index (χ3n) is 2.36. The molecule has 0 radical (unpaired) electrons. The zero-order valence-electron chi connectivity index (χ0n) is 9.20. The van der Waals surface area contributed by atoms with Crippen molar-refractivity contribution >= 4 is 11.9 Å². The normalized spacial score (nSPS) is 12.1. The molecule has 1 aromatic heterocycles. The highest BCUT2D eigenvalue weighted by Crippen LogP contribution is 2.00. The number of nitrogens with zero attached hydrogens (tertiary/aromatic N) is 4. The van der Waals surface area contributed by atoms with Gasteiger partial charge >= 0.3 is 5.97 Å². The van der Waals surface area contributed by atoms with Crippen LogP contribution in [0.4, 0.5) is 0 Å². The van der Waals surface area contributed by atoms with Crippen molar-refractivity contribution in [3.63, 3.8) is 0 Å². The molecule has 0 bridgehead atoms. The van der Waals surface area contributed by atoms with Gasteiger partial charge in [0.25, 0.3) is 0 Å². The Balaban J connectivity index is 2.43. The van der Waals surface area contributed by atoms with Gasteiger partial charge in [0, 0.05) is 19.7 Å². The van der Waals surface area contributed by atoms with E-state index in [1.54, 1.807) is 6.20 Å². The molecule has 0 saturated heterocycles. The molecule has 1 amide bonds. The minimum absolute atomic E-state index is 0.206. The molecule has 0 fully saturated rings. The third-order valence-corrected chi connectivity index (χ3v) is 2.36. The van der Waals surface area contributed by atoms with Crippen LogP contribution in [0.2, 0.25) is 0 Å². The fourth-order valence-electron chi connectivity index (χ4n) is 1.12. The molecule has 1 heterocycles. The molecule has 7 heteroatoms. The van der Waals surface area contributed by atoms with Crippen LogP contribution in [0, 0.1) is 0 Å². The summed E-state index contributed by atoms with van der Waals surface area (Å²) in [4.78, 5) is 23.4. The van der Waals surface area contributed by atoms with Gasteiger partial charge < -0.3 is 10.0 Å². The predicted octanol–water partition coefficient (Wildman–Crippen LogP) is -0.400. The number of aromatic nitrogens is 3. The number of aryl methyl sites for hydroxylation is 1. The van der Waals surface area contributed by atoms with Crippen LogP contribution < -0.4 is 0 Å². The molecule has 88 valence electrons. The van der Waals surface area contributed by atoms with Gasteiger partial charge in [-0.25, -0.2) is 4.79 Å². The molecule has 0 aromatic carbocycles. The van der Waals surface area contributed by atoms with Crippen molar-refractivity contribution in [2.45, 2.75) is 25.9 Å². The summed E-state index contributed by atoms with van der Waals surface area (Å²) in [6, 6.07) is -0.816. The minimum atomic E-state index is -1.02. The number of carboxylic acid groups (broad SMARTS) is 1. The quantitative estimate of drug-likeness (QED) is 0.738. The number of carboxylic acids is 1. The van der Waals surface area contributed by atoms with E-state index in [9.17, 15) is 9.59 Å². The van der Waals surface area contributed by atoms with Crippen molar-refractivity contribution in [3.8, 4) is 0 Å². The Hall–Kier alpha value is -1.92. The standard InChI is InChI=1S/C9H14N4O3/c1-7(9(15)16)12(2)8(14)3-5-13-6-4-10-11-13/h4,6-7H,3,5H2,1-2H3,(H,15,16). The lowest BCUT2D eigenvalue weighted by atomic mass is 10.2. The highest BCUT2D eigenvalue weighted by molar-refractivity contribution is 5.83. The zero-order valence-corrected chi connectivity index (χ0v) is 9.20. The van der Waals surface area contributed by atoms with Gasteiger partial charge in [-0.3, -0.25) is 9.48 Å². The SMILES string of the molecule is CC(C(=O)O)N(C)C(=O)CCn1ccnn1. The number of rotatable bonds is 5. The third kappa shape index (κ3) is 3.04. The molecule has 1 N–H and O–H groups in total. The lowest BCUT2D eigenvalue weighted by molar-refractivity contribution is -0.148. The summed E-state index contributed by atoms with van der Waals surface area (Å²) in [6.45, 7) is 1.87. The number of aliphatic carboxylic acids is 1. The molecule has 7 nitrogen and oxygen atoms in total. The van der Waals surface area contributed by atoms with E-state index in [0.29, 0.717) is 6.54 Å². The Labute approximate surface area is 92.7 Å². The second kappa shape index (κ2) is 5.24. The molecule has 0 aliphatic rings. The predicted molar refractivity (Wildman–Crippen MR) is 54.5 cm³/mol. The first kappa shape index (κ1) is 12.2. The fourth-order valence-corrected chi connectivity index (χ4v) is 1.12. The molecule has 1 rings (SSSR count). The number of amides is 1. The smallest absolute Gasteiger partial charge is 0.326 e. The van der Waals surface area contributed by atoms with E-state index in [4.69, 9.17) is 5.11 Å². The zero-order chi connectivity index (χ0) is 12.1. The average molecular weight is 226 g/mol. The topological polar surface area (TPSA) is 88.3 Å². The van der Waals surface area contributed by atoms with Gasteiger partial charge in [-0.15, -0.1) is 5.10 Å². The number of carbonyl (C=O) groups excluding carboxylic acids is 1. The summed E-state index contributed by atoms with van der Waals surface area (Å²) in [7, 11) is 1.47. The largest absolute Gasteiger partial charge is 0.480 e. The van der Waals surface area contributed by atoms with Gasteiger partial charge in [-0.05, 0) is 6.92 Å². The van der Waals surface area contributed by atoms with Crippen LogP contribution in [0.5, 0.6) is 0 Å². The molecule has 16 heavy (non-hydrogen) atoms. The Morgan fingerprint density at radius 2 is 2.25 bits per heavy atom. The number of carbonyl (C=O) groups is 2. The van der Waals surface area contributed by atoms with Crippen LogP contribution in [0.3, 0.4) is 0 Å². The van der Waals surface area contributed by atoms with Gasteiger partial charge in [-0.1, -0.05) is 5.21 Å². The molecular weight excluding hydrogens is 212 g/mol. The maximum absolute atomic E-state index is 11.6. The van der Waals surface area contributed by atoms with Crippen LogP contribution in [-0.2, 0) is 16.1 Å². The first-order valence-electron chi connectivity index (χ1n) is 4.85. The van der Waals surface area contributed by atoms with Gasteiger partial charge in [0.15, 0.2) is 0 Å². The minimum Gasteiger partial charge on any atom is -0.480 e. The maximum Gasteiger partial charge on any atom is 0.326 e. The van der Waals surface area contributed by atoms with Crippen LogP contribution in [0.25, 0.3) is 0 Å². The Morgan fingerprint density at radius 3 is 2.75 bits per heavy atom. The second-order valence-electron chi connectivity index (χ2n) is 3.43. The van der Waals surface area contributed by atoms with E-state index in [1.807, 2.05) is 0 Å². The first-order chi connectivity index (χ1) is 7.52. The molecule has 1 aromatic rings. The summed E-state index contributed by atoms with van der Waals surface area (Å²) in [6.07, 6.45) is 3.37. The van der Waals surface area contributed by atoms with E-state index in [-0.39, 0.29) is 12.3 Å². The van der Waals surface area contributed by atoms with E-state index < -0.39 is 12.0 Å². The van der Waals surface area contributed by atoms with Crippen molar-refractivity contribution in [3.05, 3.63) is 12.4 Å². The van der Waals surface area contributed by atoms with Crippen LogP contribution >= 0.6 is 0 Å². The van der Waals surface area contributed by atoms with Gasteiger partial charge in [0.1, 0.15) is 6.04 Å². The number of hydrogen-bond donors (Lipinski definition) is 1. The van der Waals surface area contributed by atoms with Crippen molar-refractivity contribution < 1.29 is 14.7 Å². The van der Waals surface area contributed by atoms with Crippen molar-refractivity contribution in [2.24, 2.45) is 0 Å². The first-order valence-corrected chi connectivity index (χ1v) is 4.85. The van der Waals surface area contributed by atoms with Gasteiger partial charge in [0.05, 0.1) is 12.7 Å². The van der Waals surface area contributed by atoms with E-state index in [2.05, 4.69) is 10.3 Å². The number of likely N-dealkylation sites (N-methyl/N-ethyl adjacent to an activating group) is 1. The molecule has 0 spiro atoms. The van der Waals surface area contributed by atoms with Crippen molar-refractivity contribution in [2.75, 3.05) is 7.05 Å². The van der Waals surface area contributed by atoms with Crippen molar-refractivity contribution in [1.82, 2.24) is 19.9 Å². The molecule has 0 aliphatic heterocycles. The molecular formula is C9H14N4O3. The summed E-state index contributed by atoms with van der Waals surface area (Å²) >= 11 is 0. The highest BCUT2D eigenvalue weighted by Gasteiger charge is 2.21. The Bertz CT molecular complexity index is 363. The van der Waals surface area contributed by atoms with E-state index >= 15 is 0 Å². The summed E-state index contributed by atoms with van der Waals surface area (Å²) in [5.74, 6) is -1.25. The highest BCUT2D eigenvalue weighted by atomic mass is 16.4. The molecule has 0 aliphatic carbocycles. The number of hydrogen-bond acceptors (Lipinski definition) is 4. The van der Waals surface area contributed by atoms with Crippen LogP contribution in [0.15, 0.2) is 12.4 Å². The molecule has 1 unspecified atom stereocenters. The van der Waals surface area contributed by atoms with Crippen molar-refractivity contribution in [1.29, 1.82) is 0 Å². The average Bonchev–Trinajstić information content (AvgIpc) is 2.76. The summed E-state index contributed by atoms with van der Waals surface area (Å²) in [5, 5.41) is 16.0. The van der Waals surface area contributed by atoms with E-state index in [1.165, 1.54) is 29.7 Å². The van der Waals surface area contributed by atoms with Crippen LogP contribution in [0.1, 0.15) is 13.3 Å². The fraction of sp³-hybridized carbons (Fsp3) is 0.556. The lowest BCUT2D eigenvalue weighted by Gasteiger charge is -2.21. The van der Waals surface area contributed by atoms with Crippen LogP contribution in [-0.4, -0.2) is 50.0 Å². The monoisotopic (exact) mass is 226 g/mol. The Kier molecular flexibility index (Phi) is 3.98. The summed E-state index contributed by atoms with van der Waals surface area (Å²) in [5.41, 5.74) is 0. The Morgan fingerprint density at radius 1 is 1.56 bits per heavy atom. The summed E-state index contributed by atoms with van der Waals surface area (Å²) < 4.78 is 1.52.